The highest BCUT2D eigenvalue weighted by Gasteiger charge is 2.40. The van der Waals surface area contributed by atoms with E-state index in [0.717, 1.165) is 24.8 Å². The lowest BCUT2D eigenvalue weighted by atomic mass is 9.64. The molecule has 0 unspecified atom stereocenters. The van der Waals surface area contributed by atoms with Crippen LogP contribution in [-0.2, 0) is 10.2 Å². The number of benzene rings is 1. The maximum Gasteiger partial charge on any atom is 0.236 e. The van der Waals surface area contributed by atoms with E-state index in [1.807, 2.05) is 12.1 Å². The molecule has 1 saturated carbocycles. The third-order valence-electron chi connectivity index (χ3n) is 3.83. The molecule has 1 aromatic carbocycles. The summed E-state index contributed by atoms with van der Waals surface area (Å²) in [6, 6.07) is 5.07. The molecule has 0 aromatic heterocycles. The van der Waals surface area contributed by atoms with Crippen LogP contribution >= 0.6 is 23.2 Å². The van der Waals surface area contributed by atoms with E-state index in [1.165, 1.54) is 0 Å². The van der Waals surface area contributed by atoms with E-state index in [2.05, 4.69) is 5.32 Å². The zero-order valence-corrected chi connectivity index (χ0v) is 12.4. The van der Waals surface area contributed by atoms with Crippen LogP contribution in [0, 0.1) is 0 Å². The first-order valence-corrected chi connectivity index (χ1v) is 7.19. The van der Waals surface area contributed by atoms with Gasteiger partial charge in [0.25, 0.3) is 0 Å². The first-order valence-electron chi connectivity index (χ1n) is 6.43. The van der Waals surface area contributed by atoms with Gasteiger partial charge >= 0.3 is 0 Å². The molecule has 1 atom stereocenters. The van der Waals surface area contributed by atoms with E-state index in [9.17, 15) is 4.79 Å². The summed E-state index contributed by atoms with van der Waals surface area (Å²) in [5, 5.41) is 4.21. The smallest absolute Gasteiger partial charge is 0.236 e. The van der Waals surface area contributed by atoms with Gasteiger partial charge in [0.05, 0.1) is 6.04 Å². The zero-order chi connectivity index (χ0) is 14.0. The van der Waals surface area contributed by atoms with Crippen molar-refractivity contribution < 1.29 is 4.79 Å². The number of nitrogens with one attached hydrogen (secondary N) is 1. The molecule has 3 N–H and O–H groups in total. The van der Waals surface area contributed by atoms with Crippen molar-refractivity contribution in [3.8, 4) is 0 Å². The Balaban J connectivity index is 2.16. The fourth-order valence-corrected chi connectivity index (χ4v) is 3.09. The molecule has 5 heteroatoms. The van der Waals surface area contributed by atoms with Crippen LogP contribution in [0.25, 0.3) is 0 Å². The molecule has 0 heterocycles. The van der Waals surface area contributed by atoms with E-state index in [4.69, 9.17) is 28.9 Å². The van der Waals surface area contributed by atoms with Gasteiger partial charge < -0.3 is 11.1 Å². The van der Waals surface area contributed by atoms with Crippen molar-refractivity contribution in [2.45, 2.75) is 37.6 Å². The lowest BCUT2D eigenvalue weighted by Gasteiger charge is -2.43. The Morgan fingerprint density at radius 1 is 1.47 bits per heavy atom. The Labute approximate surface area is 123 Å². The quantitative estimate of drug-likeness (QED) is 0.898. The van der Waals surface area contributed by atoms with Gasteiger partial charge in [-0.3, -0.25) is 4.79 Å². The number of carbonyl (C=O) groups is 1. The Hall–Kier alpha value is -0.770. The summed E-state index contributed by atoms with van der Waals surface area (Å²) in [6.45, 7) is 2.26. The maximum atomic E-state index is 11.6. The predicted molar refractivity (Wildman–Crippen MR) is 78.7 cm³/mol. The van der Waals surface area contributed by atoms with E-state index < -0.39 is 6.04 Å². The largest absolute Gasteiger partial charge is 0.354 e. The minimum absolute atomic E-state index is 0.0633. The van der Waals surface area contributed by atoms with Gasteiger partial charge in [0.1, 0.15) is 0 Å². The van der Waals surface area contributed by atoms with E-state index in [0.29, 0.717) is 16.6 Å². The minimum atomic E-state index is -0.488. The molecule has 1 amide bonds. The van der Waals surface area contributed by atoms with Crippen LogP contribution in [0.3, 0.4) is 0 Å². The number of carbonyl (C=O) groups excluding carboxylic acids is 1. The fourth-order valence-electron chi connectivity index (χ4n) is 2.48. The molecule has 104 valence electrons. The molecule has 2 rings (SSSR count). The van der Waals surface area contributed by atoms with Crippen molar-refractivity contribution >= 4 is 29.1 Å². The predicted octanol–water partition coefficient (Wildman–Crippen LogP) is 2.88. The summed E-state index contributed by atoms with van der Waals surface area (Å²) in [4.78, 5) is 11.6. The molecule has 0 spiro atoms. The lowest BCUT2D eigenvalue weighted by molar-refractivity contribution is -0.122. The average molecular weight is 301 g/mol. The van der Waals surface area contributed by atoms with Crippen LogP contribution < -0.4 is 11.1 Å². The number of hydrogen-bond acceptors (Lipinski definition) is 2. The van der Waals surface area contributed by atoms with Crippen LogP contribution in [0.4, 0.5) is 0 Å². The zero-order valence-electron chi connectivity index (χ0n) is 10.9. The summed E-state index contributed by atoms with van der Waals surface area (Å²) < 4.78 is 0. The van der Waals surface area contributed by atoms with Crippen molar-refractivity contribution in [3.63, 3.8) is 0 Å². The van der Waals surface area contributed by atoms with E-state index in [-0.39, 0.29) is 11.3 Å². The number of rotatable bonds is 4. The van der Waals surface area contributed by atoms with Crippen LogP contribution in [0.5, 0.6) is 0 Å². The third kappa shape index (κ3) is 3.04. The molecule has 1 aliphatic rings. The molecule has 0 saturated heterocycles. The average Bonchev–Trinajstić information content (AvgIpc) is 2.29. The molecule has 0 bridgehead atoms. The van der Waals surface area contributed by atoms with Crippen molar-refractivity contribution in [1.82, 2.24) is 5.32 Å². The number of halogens is 2. The second-order valence-electron chi connectivity index (χ2n) is 5.26. The van der Waals surface area contributed by atoms with Crippen molar-refractivity contribution in [2.75, 3.05) is 6.54 Å². The molecule has 3 nitrogen and oxygen atoms in total. The third-order valence-corrected chi connectivity index (χ3v) is 4.38. The number of amides is 1. The van der Waals surface area contributed by atoms with E-state index in [1.54, 1.807) is 13.0 Å². The summed E-state index contributed by atoms with van der Waals surface area (Å²) in [5.41, 5.74) is 6.56. The van der Waals surface area contributed by atoms with Crippen molar-refractivity contribution in [2.24, 2.45) is 5.73 Å². The van der Waals surface area contributed by atoms with Gasteiger partial charge in [0.2, 0.25) is 5.91 Å². The second kappa shape index (κ2) is 5.70. The van der Waals surface area contributed by atoms with Crippen LogP contribution in [-0.4, -0.2) is 18.5 Å². The molecule has 19 heavy (non-hydrogen) atoms. The molecule has 0 radical (unpaired) electrons. The minimum Gasteiger partial charge on any atom is -0.354 e. The van der Waals surface area contributed by atoms with Gasteiger partial charge in [-0.2, -0.15) is 0 Å². The Bertz CT molecular complexity index is 484. The standard InChI is InChI=1S/C14H18Cl2N2O/c1-9(17)13(19)18-8-14(5-2-6-14)11-4-3-10(15)7-12(11)16/h3-4,7,9H,2,5-6,8,17H2,1H3,(H,18,19)/t9-/m1/s1. The molecule has 0 aliphatic heterocycles. The molecule has 1 fully saturated rings. The highest BCUT2D eigenvalue weighted by Crippen LogP contribution is 2.46. The van der Waals surface area contributed by atoms with Gasteiger partial charge in [-0.25, -0.2) is 0 Å². The molecule has 1 aromatic rings. The van der Waals surface area contributed by atoms with Gasteiger partial charge in [-0.1, -0.05) is 35.7 Å². The van der Waals surface area contributed by atoms with Gasteiger partial charge in [0.15, 0.2) is 0 Å². The molecular weight excluding hydrogens is 283 g/mol. The fraction of sp³-hybridized carbons (Fsp3) is 0.500. The highest BCUT2D eigenvalue weighted by molar-refractivity contribution is 6.35. The number of nitrogens with two attached hydrogens (primary N) is 1. The van der Waals surface area contributed by atoms with Crippen LogP contribution in [0.15, 0.2) is 18.2 Å². The van der Waals surface area contributed by atoms with E-state index >= 15 is 0 Å². The van der Waals surface area contributed by atoms with Crippen LogP contribution in [0.1, 0.15) is 31.7 Å². The summed E-state index contributed by atoms with van der Waals surface area (Å²) in [6.07, 6.45) is 3.19. The monoisotopic (exact) mass is 300 g/mol. The maximum absolute atomic E-state index is 11.6. The van der Waals surface area contributed by atoms with Crippen LogP contribution in [0.2, 0.25) is 10.0 Å². The Morgan fingerprint density at radius 3 is 2.63 bits per heavy atom. The summed E-state index contributed by atoms with van der Waals surface area (Å²) in [7, 11) is 0. The normalized spacial score (nSPS) is 18.5. The second-order valence-corrected chi connectivity index (χ2v) is 6.11. The first-order chi connectivity index (χ1) is 8.94. The van der Waals surface area contributed by atoms with Gasteiger partial charge in [-0.15, -0.1) is 0 Å². The first kappa shape index (κ1) is 14.6. The summed E-state index contributed by atoms with van der Waals surface area (Å²) in [5.74, 6) is -0.128. The Kier molecular flexibility index (Phi) is 4.39. The number of hydrogen-bond donors (Lipinski definition) is 2. The Morgan fingerprint density at radius 2 is 2.16 bits per heavy atom. The molecular formula is C14H18Cl2N2O. The highest BCUT2D eigenvalue weighted by atomic mass is 35.5. The SMILES string of the molecule is C[C@@H](N)C(=O)NCC1(c2ccc(Cl)cc2Cl)CCC1. The van der Waals surface area contributed by atoms with Crippen molar-refractivity contribution in [1.29, 1.82) is 0 Å². The lowest BCUT2D eigenvalue weighted by Crippen LogP contribution is -2.49. The van der Waals surface area contributed by atoms with Gasteiger partial charge in [-0.05, 0) is 37.5 Å². The molecule has 1 aliphatic carbocycles. The van der Waals surface area contributed by atoms with Crippen molar-refractivity contribution in [3.05, 3.63) is 33.8 Å². The summed E-state index contributed by atoms with van der Waals surface area (Å²) >= 11 is 12.2. The topological polar surface area (TPSA) is 55.1 Å². The van der Waals surface area contributed by atoms with Gasteiger partial charge in [0, 0.05) is 22.0 Å².